The summed E-state index contributed by atoms with van der Waals surface area (Å²) >= 11 is 0. The summed E-state index contributed by atoms with van der Waals surface area (Å²) < 4.78 is 11.2. The molecule has 0 saturated heterocycles. The van der Waals surface area contributed by atoms with Crippen LogP contribution in [0.1, 0.15) is 143 Å². The van der Waals surface area contributed by atoms with E-state index in [0.29, 0.717) is 13.2 Å². The van der Waals surface area contributed by atoms with Crippen molar-refractivity contribution in [3.63, 3.8) is 0 Å². The fraction of sp³-hybridized carbons (Fsp3) is 0.933. The Morgan fingerprint density at radius 3 is 1.24 bits per heavy atom. The summed E-state index contributed by atoms with van der Waals surface area (Å²) in [5.74, 6) is 0.621. The van der Waals surface area contributed by atoms with Crippen LogP contribution in [0.5, 0.6) is 0 Å². The lowest BCUT2D eigenvalue weighted by Gasteiger charge is -2.28. The van der Waals surface area contributed by atoms with Gasteiger partial charge in [-0.25, -0.2) is 0 Å². The van der Waals surface area contributed by atoms with Gasteiger partial charge in [-0.2, -0.15) is 0 Å². The van der Waals surface area contributed by atoms with Gasteiger partial charge in [-0.15, -0.1) is 0 Å². The number of unbranched alkanes of at least 4 members (excludes halogenated alkanes) is 10. The molecule has 0 aliphatic heterocycles. The van der Waals surface area contributed by atoms with Crippen molar-refractivity contribution in [1.29, 1.82) is 0 Å². The second-order valence-corrected chi connectivity index (χ2v) is 11.4. The number of carbonyl (C=O) groups is 2. The predicted molar refractivity (Wildman–Crippen MR) is 142 cm³/mol. The summed E-state index contributed by atoms with van der Waals surface area (Å²) in [5.41, 5.74) is 0. The molecular weight excluding hydrogens is 424 g/mol. The first-order valence-corrected chi connectivity index (χ1v) is 14.7. The second-order valence-electron chi connectivity index (χ2n) is 11.4. The summed E-state index contributed by atoms with van der Waals surface area (Å²) in [4.78, 5) is 25.3. The molecule has 4 heteroatoms. The van der Waals surface area contributed by atoms with E-state index in [0.717, 1.165) is 63.2 Å². The Morgan fingerprint density at radius 2 is 0.882 bits per heavy atom. The normalized spacial score (nSPS) is 18.4. The number of ether oxygens (including phenoxy) is 2. The molecule has 0 heterocycles. The van der Waals surface area contributed by atoms with Gasteiger partial charge >= 0.3 is 11.9 Å². The van der Waals surface area contributed by atoms with Crippen LogP contribution in [0.4, 0.5) is 0 Å². The molecular formula is C30H56O4. The van der Waals surface area contributed by atoms with Crippen LogP contribution in [0, 0.1) is 23.7 Å². The van der Waals surface area contributed by atoms with Gasteiger partial charge in [-0.1, -0.05) is 118 Å². The van der Waals surface area contributed by atoms with Crippen LogP contribution in [0.15, 0.2) is 0 Å². The molecule has 0 bridgehead atoms. The molecule has 0 N–H and O–H groups in total. The topological polar surface area (TPSA) is 52.6 Å². The van der Waals surface area contributed by atoms with Gasteiger partial charge < -0.3 is 9.47 Å². The van der Waals surface area contributed by atoms with Crippen molar-refractivity contribution in [3.8, 4) is 0 Å². The van der Waals surface area contributed by atoms with Gasteiger partial charge in [0, 0.05) is 0 Å². The molecule has 0 aromatic rings. The summed E-state index contributed by atoms with van der Waals surface area (Å²) in [7, 11) is 0. The van der Waals surface area contributed by atoms with Crippen LogP contribution in [0.2, 0.25) is 0 Å². The van der Waals surface area contributed by atoms with Gasteiger partial charge in [0.2, 0.25) is 0 Å². The molecule has 1 aliphatic carbocycles. The van der Waals surface area contributed by atoms with E-state index in [4.69, 9.17) is 9.47 Å². The maximum atomic E-state index is 12.7. The lowest BCUT2D eigenvalue weighted by atomic mass is 9.79. The molecule has 4 nitrogen and oxygen atoms in total. The molecule has 0 aromatic carbocycles. The van der Waals surface area contributed by atoms with Crippen LogP contribution in [-0.2, 0) is 19.1 Å². The molecule has 0 aromatic heterocycles. The Kier molecular flexibility index (Phi) is 18.4. The van der Waals surface area contributed by atoms with Gasteiger partial charge in [-0.3, -0.25) is 9.59 Å². The van der Waals surface area contributed by atoms with E-state index in [-0.39, 0.29) is 23.8 Å². The molecule has 0 amide bonds. The minimum atomic E-state index is -0.307. The summed E-state index contributed by atoms with van der Waals surface area (Å²) in [6, 6.07) is 0. The molecule has 1 aliphatic rings. The lowest BCUT2D eigenvalue weighted by Crippen LogP contribution is -2.35. The zero-order valence-corrected chi connectivity index (χ0v) is 23.1. The standard InChI is InChI=1S/C30H56O4/c1-25(2)19-13-9-6-5-7-11-17-23-33-29(31)27-21-15-16-22-28(27)30(32)34-24-18-12-8-10-14-20-26(3)4/h25-28H,5-24H2,1-4H3. The fourth-order valence-corrected chi connectivity index (χ4v) is 4.98. The predicted octanol–water partition coefficient (Wildman–Crippen LogP) is 8.65. The van der Waals surface area contributed by atoms with Crippen LogP contribution >= 0.6 is 0 Å². The highest BCUT2D eigenvalue weighted by atomic mass is 16.5. The minimum absolute atomic E-state index is 0.180. The minimum Gasteiger partial charge on any atom is -0.465 e. The number of rotatable bonds is 20. The zero-order valence-electron chi connectivity index (χ0n) is 23.1. The van der Waals surface area contributed by atoms with E-state index in [1.807, 2.05) is 0 Å². The third-order valence-electron chi connectivity index (χ3n) is 7.21. The molecule has 1 saturated carbocycles. The van der Waals surface area contributed by atoms with Crippen molar-refractivity contribution in [1.82, 2.24) is 0 Å². The molecule has 2 unspecified atom stereocenters. The van der Waals surface area contributed by atoms with Gasteiger partial charge in [0.15, 0.2) is 0 Å². The van der Waals surface area contributed by atoms with Gasteiger partial charge in [0.05, 0.1) is 25.0 Å². The van der Waals surface area contributed by atoms with Crippen molar-refractivity contribution >= 4 is 11.9 Å². The molecule has 200 valence electrons. The van der Waals surface area contributed by atoms with E-state index >= 15 is 0 Å². The van der Waals surface area contributed by atoms with E-state index < -0.39 is 0 Å². The molecule has 1 rings (SSSR count). The summed E-state index contributed by atoms with van der Waals surface area (Å²) in [5, 5.41) is 0. The Balaban J connectivity index is 2.13. The Labute approximate surface area is 211 Å². The van der Waals surface area contributed by atoms with E-state index in [9.17, 15) is 9.59 Å². The largest absolute Gasteiger partial charge is 0.465 e. The average molecular weight is 481 g/mol. The van der Waals surface area contributed by atoms with Crippen molar-refractivity contribution in [2.24, 2.45) is 23.7 Å². The van der Waals surface area contributed by atoms with E-state index in [1.165, 1.54) is 64.2 Å². The summed E-state index contributed by atoms with van der Waals surface area (Å²) in [6.07, 6.45) is 20.5. The first kappa shape index (κ1) is 31.0. The van der Waals surface area contributed by atoms with Crippen LogP contribution < -0.4 is 0 Å². The lowest BCUT2D eigenvalue weighted by molar-refractivity contribution is -0.163. The highest BCUT2D eigenvalue weighted by Gasteiger charge is 2.37. The van der Waals surface area contributed by atoms with Crippen molar-refractivity contribution < 1.29 is 19.1 Å². The monoisotopic (exact) mass is 480 g/mol. The molecule has 0 radical (unpaired) electrons. The van der Waals surface area contributed by atoms with E-state index in [2.05, 4.69) is 27.7 Å². The molecule has 2 atom stereocenters. The van der Waals surface area contributed by atoms with Crippen molar-refractivity contribution in [2.75, 3.05) is 13.2 Å². The van der Waals surface area contributed by atoms with Gasteiger partial charge in [0.25, 0.3) is 0 Å². The Bertz CT molecular complexity index is 514. The molecule has 34 heavy (non-hydrogen) atoms. The fourth-order valence-electron chi connectivity index (χ4n) is 4.98. The van der Waals surface area contributed by atoms with Crippen LogP contribution in [-0.4, -0.2) is 25.2 Å². The molecule has 0 spiro atoms. The van der Waals surface area contributed by atoms with Crippen molar-refractivity contribution in [2.45, 2.75) is 143 Å². The first-order valence-electron chi connectivity index (χ1n) is 14.7. The third kappa shape index (κ3) is 15.8. The molecule has 1 fully saturated rings. The van der Waals surface area contributed by atoms with Crippen molar-refractivity contribution in [3.05, 3.63) is 0 Å². The average Bonchev–Trinajstić information content (AvgIpc) is 2.81. The highest BCUT2D eigenvalue weighted by molar-refractivity contribution is 5.82. The maximum absolute atomic E-state index is 12.7. The Hall–Kier alpha value is -1.06. The first-order chi connectivity index (χ1) is 16.4. The van der Waals surface area contributed by atoms with Gasteiger partial charge in [-0.05, 0) is 37.5 Å². The highest BCUT2D eigenvalue weighted by Crippen LogP contribution is 2.32. The third-order valence-corrected chi connectivity index (χ3v) is 7.21. The van der Waals surface area contributed by atoms with Crippen LogP contribution in [0.25, 0.3) is 0 Å². The quantitative estimate of drug-likeness (QED) is 0.129. The van der Waals surface area contributed by atoms with Gasteiger partial charge in [0.1, 0.15) is 0 Å². The van der Waals surface area contributed by atoms with E-state index in [1.54, 1.807) is 0 Å². The SMILES string of the molecule is CC(C)CCCCCCCCCOC(=O)C1CCCCC1C(=O)OCCCCCCCC(C)C. The number of carbonyl (C=O) groups excluding carboxylic acids is 2. The number of esters is 2. The van der Waals surface area contributed by atoms with Crippen LogP contribution in [0.3, 0.4) is 0 Å². The smallest absolute Gasteiger partial charge is 0.309 e. The number of hydrogen-bond acceptors (Lipinski definition) is 4. The summed E-state index contributed by atoms with van der Waals surface area (Å²) in [6.45, 7) is 10.1. The maximum Gasteiger partial charge on any atom is 0.309 e. The number of hydrogen-bond donors (Lipinski definition) is 0. The zero-order chi connectivity index (χ0) is 25.0. The second kappa shape index (κ2) is 20.2. The Morgan fingerprint density at radius 1 is 0.559 bits per heavy atom.